The molecule has 3 aromatic rings. The van der Waals surface area contributed by atoms with Crippen LogP contribution in [0.3, 0.4) is 0 Å². The highest BCUT2D eigenvalue weighted by Crippen LogP contribution is 2.68. The van der Waals surface area contributed by atoms with E-state index in [9.17, 15) is 0 Å². The van der Waals surface area contributed by atoms with Crippen molar-refractivity contribution >= 4 is 22.0 Å². The Bertz CT molecular complexity index is 1060. The van der Waals surface area contributed by atoms with E-state index >= 15 is 0 Å². The molecule has 1 atom stereocenters. The van der Waals surface area contributed by atoms with Crippen LogP contribution in [-0.4, -0.2) is 9.38 Å². The molecule has 3 nitrogen and oxygen atoms in total. The van der Waals surface area contributed by atoms with Gasteiger partial charge in [-0.05, 0) is 81.3 Å². The average molecular weight is 390 g/mol. The molecule has 0 N–H and O–H groups in total. The fourth-order valence-electron chi connectivity index (χ4n) is 7.97. The van der Waals surface area contributed by atoms with Crippen molar-refractivity contribution < 1.29 is 0 Å². The molecule has 0 saturated heterocycles. The maximum Gasteiger partial charge on any atom is 0.194 e. The summed E-state index contributed by atoms with van der Waals surface area (Å²) >= 11 is 1.79. The van der Waals surface area contributed by atoms with Crippen molar-refractivity contribution in [3.05, 3.63) is 52.8 Å². The van der Waals surface area contributed by atoms with E-state index < -0.39 is 0 Å². The van der Waals surface area contributed by atoms with Crippen LogP contribution in [-0.2, 0) is 5.54 Å². The van der Waals surface area contributed by atoms with Gasteiger partial charge in [0.1, 0.15) is 0 Å². The van der Waals surface area contributed by atoms with E-state index in [0.29, 0.717) is 6.04 Å². The van der Waals surface area contributed by atoms with Gasteiger partial charge in [0.2, 0.25) is 0 Å². The van der Waals surface area contributed by atoms with Crippen LogP contribution >= 0.6 is 11.3 Å². The van der Waals surface area contributed by atoms with Crippen molar-refractivity contribution in [2.24, 2.45) is 23.7 Å². The third kappa shape index (κ3) is 1.71. The van der Waals surface area contributed by atoms with Crippen molar-refractivity contribution in [3.8, 4) is 0 Å². The molecule has 4 heteroatoms. The lowest BCUT2D eigenvalue weighted by atomic mass is 9.47. The number of para-hydroxylation sites is 1. The standard InChI is InChI=1S/C24H27N3S/c1-14-5-3-4-6-20(14)27-15(2)21-22(26-7-8-28-23(26)25-21)24(27)18-10-16-9-17(12-18)13-19(24)11-16/h3-8,15-19H,9-13H2,1-2H3/t15-,16?,17?,18?,19?,24?/m0/s1. The Balaban J connectivity index is 1.55. The molecule has 1 spiro atoms. The van der Waals surface area contributed by atoms with Gasteiger partial charge in [0.25, 0.3) is 0 Å². The van der Waals surface area contributed by atoms with Crippen LogP contribution in [0.2, 0.25) is 0 Å². The third-order valence-electron chi connectivity index (χ3n) is 8.61. The van der Waals surface area contributed by atoms with Gasteiger partial charge >= 0.3 is 0 Å². The number of hydrogen-bond acceptors (Lipinski definition) is 3. The maximum absolute atomic E-state index is 5.19. The van der Waals surface area contributed by atoms with E-state index in [0.717, 1.165) is 23.7 Å². The van der Waals surface area contributed by atoms with Gasteiger partial charge in [-0.3, -0.25) is 4.40 Å². The molecule has 2 aromatic heterocycles. The van der Waals surface area contributed by atoms with Crippen LogP contribution in [0.15, 0.2) is 35.8 Å². The van der Waals surface area contributed by atoms with E-state index in [2.05, 4.69) is 59.0 Å². The van der Waals surface area contributed by atoms with E-state index in [4.69, 9.17) is 4.98 Å². The number of anilines is 1. The van der Waals surface area contributed by atoms with Gasteiger partial charge in [0, 0.05) is 17.3 Å². The SMILES string of the molecule is Cc1ccccc1N1[C@@H](C)c2nc3sccn3c2C12C1CC3CC(C1)CC2C3. The summed E-state index contributed by atoms with van der Waals surface area (Å²) in [5.41, 5.74) is 5.87. The first-order chi connectivity index (χ1) is 13.7. The van der Waals surface area contributed by atoms with E-state index in [1.807, 2.05) is 0 Å². The van der Waals surface area contributed by atoms with Crippen molar-refractivity contribution in [2.75, 3.05) is 4.90 Å². The molecule has 0 unspecified atom stereocenters. The minimum Gasteiger partial charge on any atom is -0.351 e. The molecule has 8 rings (SSSR count). The molecule has 4 fully saturated rings. The summed E-state index contributed by atoms with van der Waals surface area (Å²) in [6.45, 7) is 4.69. The smallest absolute Gasteiger partial charge is 0.194 e. The molecule has 1 aromatic carbocycles. The van der Waals surface area contributed by atoms with Crippen molar-refractivity contribution in [1.82, 2.24) is 9.38 Å². The van der Waals surface area contributed by atoms with Crippen LogP contribution in [0.1, 0.15) is 62.0 Å². The Morgan fingerprint density at radius 3 is 2.46 bits per heavy atom. The maximum atomic E-state index is 5.19. The summed E-state index contributed by atoms with van der Waals surface area (Å²) in [4.78, 5) is 9.22. The fraction of sp³-hybridized carbons (Fsp3) is 0.542. The van der Waals surface area contributed by atoms with E-state index in [1.54, 1.807) is 17.0 Å². The molecule has 3 heterocycles. The van der Waals surface area contributed by atoms with Gasteiger partial charge in [0.05, 0.1) is 23.0 Å². The molecule has 4 bridgehead atoms. The third-order valence-corrected chi connectivity index (χ3v) is 9.36. The summed E-state index contributed by atoms with van der Waals surface area (Å²) in [6.07, 6.45) is 9.44. The lowest BCUT2D eigenvalue weighted by molar-refractivity contribution is -0.0623. The highest BCUT2D eigenvalue weighted by atomic mass is 32.1. The second kappa shape index (κ2) is 5.21. The number of nitrogens with zero attached hydrogens (tertiary/aromatic N) is 3. The Hall–Kier alpha value is -1.81. The molecule has 4 aliphatic carbocycles. The summed E-state index contributed by atoms with van der Waals surface area (Å²) in [5.74, 6) is 3.48. The molecule has 5 aliphatic rings. The van der Waals surface area contributed by atoms with Gasteiger partial charge in [-0.15, -0.1) is 11.3 Å². The fourth-order valence-corrected chi connectivity index (χ4v) is 8.69. The summed E-state index contributed by atoms with van der Waals surface area (Å²) in [7, 11) is 0. The summed E-state index contributed by atoms with van der Waals surface area (Å²) in [5, 5.41) is 2.22. The molecule has 1 aliphatic heterocycles. The topological polar surface area (TPSA) is 20.5 Å². The van der Waals surface area contributed by atoms with Crippen molar-refractivity contribution in [1.29, 1.82) is 0 Å². The quantitative estimate of drug-likeness (QED) is 0.514. The number of aryl methyl sites for hydroxylation is 1. The minimum atomic E-state index is 0.134. The summed E-state index contributed by atoms with van der Waals surface area (Å²) < 4.78 is 2.47. The first-order valence-corrected chi connectivity index (χ1v) is 11.9. The van der Waals surface area contributed by atoms with Crippen LogP contribution in [0, 0.1) is 30.6 Å². The number of aromatic nitrogens is 2. The predicted octanol–water partition coefficient (Wildman–Crippen LogP) is 5.94. The molecular formula is C24H27N3S. The Labute approximate surface area is 170 Å². The van der Waals surface area contributed by atoms with Crippen LogP contribution < -0.4 is 4.90 Å². The molecule has 0 radical (unpaired) electrons. The molecule has 144 valence electrons. The van der Waals surface area contributed by atoms with E-state index in [-0.39, 0.29) is 5.54 Å². The molecule has 28 heavy (non-hydrogen) atoms. The van der Waals surface area contributed by atoms with Crippen molar-refractivity contribution in [2.45, 2.75) is 57.5 Å². The Morgan fingerprint density at radius 1 is 1.04 bits per heavy atom. The number of hydrogen-bond donors (Lipinski definition) is 0. The van der Waals surface area contributed by atoms with Gasteiger partial charge in [-0.2, -0.15) is 0 Å². The molecule has 4 saturated carbocycles. The normalized spacial score (nSPS) is 38.1. The number of imidazole rings is 1. The number of fused-ring (bicyclic) bond motifs is 3. The second-order valence-corrected chi connectivity index (χ2v) is 10.7. The largest absolute Gasteiger partial charge is 0.351 e. The Morgan fingerprint density at radius 2 is 1.75 bits per heavy atom. The predicted molar refractivity (Wildman–Crippen MR) is 114 cm³/mol. The first-order valence-electron chi connectivity index (χ1n) is 11.0. The Kier molecular flexibility index (Phi) is 2.98. The van der Waals surface area contributed by atoms with Gasteiger partial charge in [-0.1, -0.05) is 18.2 Å². The highest BCUT2D eigenvalue weighted by Gasteiger charge is 2.66. The zero-order chi connectivity index (χ0) is 18.6. The molecular weight excluding hydrogens is 362 g/mol. The van der Waals surface area contributed by atoms with Crippen molar-refractivity contribution in [3.63, 3.8) is 0 Å². The number of rotatable bonds is 1. The van der Waals surface area contributed by atoms with Gasteiger partial charge < -0.3 is 4.90 Å². The van der Waals surface area contributed by atoms with Crippen LogP contribution in [0.4, 0.5) is 5.69 Å². The lowest BCUT2D eigenvalue weighted by Gasteiger charge is -2.63. The minimum absolute atomic E-state index is 0.134. The monoisotopic (exact) mass is 389 g/mol. The summed E-state index contributed by atoms with van der Waals surface area (Å²) in [6, 6.07) is 9.40. The lowest BCUT2D eigenvalue weighted by Crippen LogP contribution is -2.62. The average Bonchev–Trinajstić information content (AvgIpc) is 3.32. The molecule has 0 amide bonds. The van der Waals surface area contributed by atoms with Crippen LogP contribution in [0.25, 0.3) is 4.96 Å². The highest BCUT2D eigenvalue weighted by molar-refractivity contribution is 7.15. The van der Waals surface area contributed by atoms with Gasteiger partial charge in [-0.25, -0.2) is 4.98 Å². The second-order valence-electron chi connectivity index (χ2n) is 9.86. The zero-order valence-corrected chi connectivity index (χ0v) is 17.5. The van der Waals surface area contributed by atoms with Crippen LogP contribution in [0.5, 0.6) is 0 Å². The van der Waals surface area contributed by atoms with E-state index in [1.165, 1.54) is 54.0 Å². The first kappa shape index (κ1) is 16.0. The van der Waals surface area contributed by atoms with Gasteiger partial charge in [0.15, 0.2) is 4.96 Å². The number of thiazole rings is 1. The number of benzene rings is 1. The zero-order valence-electron chi connectivity index (χ0n) is 16.6.